The number of carbonyl (C=O) groups excluding carboxylic acids is 1. The molecule has 2 aromatic rings. The van der Waals surface area contributed by atoms with Crippen LogP contribution >= 0.6 is 0 Å². The number of carbonyl (C=O) groups is 1. The number of β-amino-alcohol motifs (C(OH)–C–C–N with tert-alkyl or cyclic N) is 1. The third-order valence-corrected chi connectivity index (χ3v) is 6.20. The van der Waals surface area contributed by atoms with E-state index in [0.717, 1.165) is 51.4 Å². The number of aromatic nitrogens is 2. The van der Waals surface area contributed by atoms with Gasteiger partial charge in [-0.25, -0.2) is 9.97 Å². The van der Waals surface area contributed by atoms with Crippen LogP contribution in [0.5, 0.6) is 0 Å². The van der Waals surface area contributed by atoms with Crippen LogP contribution in [0, 0.1) is 5.92 Å². The molecular formula is C24H33N5O3. The molecule has 4 rings (SSSR count). The SMILES string of the molecule is CCN(C)c1nc(CC2COC2)cc(C(=O)NC[C@H](O)CN2CCc3ccccc3C2)n1. The van der Waals surface area contributed by atoms with E-state index < -0.39 is 6.10 Å². The minimum atomic E-state index is -0.643. The van der Waals surface area contributed by atoms with Gasteiger partial charge in [-0.15, -0.1) is 0 Å². The van der Waals surface area contributed by atoms with Crippen molar-refractivity contribution in [3.63, 3.8) is 0 Å². The number of benzene rings is 1. The van der Waals surface area contributed by atoms with Crippen molar-refractivity contribution in [2.75, 3.05) is 51.3 Å². The summed E-state index contributed by atoms with van der Waals surface area (Å²) >= 11 is 0. The highest BCUT2D eigenvalue weighted by atomic mass is 16.5. The normalized spacial score (nSPS) is 17.3. The van der Waals surface area contributed by atoms with Crippen molar-refractivity contribution in [3.8, 4) is 0 Å². The summed E-state index contributed by atoms with van der Waals surface area (Å²) in [6, 6.07) is 10.2. The van der Waals surface area contributed by atoms with Crippen molar-refractivity contribution in [1.29, 1.82) is 0 Å². The summed E-state index contributed by atoms with van der Waals surface area (Å²) in [4.78, 5) is 26.0. The average Bonchev–Trinajstić information content (AvgIpc) is 2.79. The minimum absolute atomic E-state index is 0.186. The fraction of sp³-hybridized carbons (Fsp3) is 0.542. The van der Waals surface area contributed by atoms with Crippen LogP contribution in [0.25, 0.3) is 0 Å². The first-order chi connectivity index (χ1) is 15.5. The Kier molecular flexibility index (Phi) is 7.34. The predicted octanol–water partition coefficient (Wildman–Crippen LogP) is 1.27. The Hall–Kier alpha value is -2.55. The standard InChI is InChI=1S/C24H33N5O3/c1-3-28(2)24-26-20(10-17-15-32-16-17)11-22(27-24)23(31)25-12-21(30)14-29-9-8-18-6-4-5-7-19(18)13-29/h4-7,11,17,21,30H,3,8-10,12-16H2,1-2H3,(H,25,31)/t21-/m0/s1. The summed E-state index contributed by atoms with van der Waals surface area (Å²) in [7, 11) is 1.91. The van der Waals surface area contributed by atoms with Crippen molar-refractivity contribution in [1.82, 2.24) is 20.2 Å². The van der Waals surface area contributed by atoms with Crippen LogP contribution in [-0.4, -0.2) is 78.4 Å². The van der Waals surface area contributed by atoms with E-state index in [9.17, 15) is 9.90 Å². The van der Waals surface area contributed by atoms with Crippen LogP contribution in [0.15, 0.2) is 30.3 Å². The maximum atomic E-state index is 12.8. The van der Waals surface area contributed by atoms with Crippen molar-refractivity contribution in [3.05, 3.63) is 52.8 Å². The summed E-state index contributed by atoms with van der Waals surface area (Å²) in [5.41, 5.74) is 3.88. The Bertz CT molecular complexity index is 934. The lowest BCUT2D eigenvalue weighted by molar-refractivity contribution is -0.0316. The smallest absolute Gasteiger partial charge is 0.270 e. The minimum Gasteiger partial charge on any atom is -0.390 e. The molecule has 1 aromatic heterocycles. The van der Waals surface area contributed by atoms with E-state index in [-0.39, 0.29) is 12.5 Å². The number of aliphatic hydroxyl groups is 1. The first-order valence-electron chi connectivity index (χ1n) is 11.4. The highest BCUT2D eigenvalue weighted by Gasteiger charge is 2.23. The van der Waals surface area contributed by atoms with Gasteiger partial charge in [0.1, 0.15) is 5.69 Å². The first kappa shape index (κ1) is 22.6. The number of nitrogens with one attached hydrogen (secondary N) is 1. The molecule has 3 heterocycles. The largest absolute Gasteiger partial charge is 0.390 e. The van der Waals surface area contributed by atoms with Gasteiger partial charge in [-0.1, -0.05) is 24.3 Å². The zero-order valence-corrected chi connectivity index (χ0v) is 19.0. The summed E-state index contributed by atoms with van der Waals surface area (Å²) in [6.45, 7) is 6.68. The summed E-state index contributed by atoms with van der Waals surface area (Å²) < 4.78 is 5.27. The third-order valence-electron chi connectivity index (χ3n) is 6.20. The lowest BCUT2D eigenvalue weighted by atomic mass is 10.00. The van der Waals surface area contributed by atoms with E-state index in [1.165, 1.54) is 11.1 Å². The van der Waals surface area contributed by atoms with Gasteiger partial charge in [0.15, 0.2) is 0 Å². The van der Waals surface area contributed by atoms with Crippen LogP contribution in [0.3, 0.4) is 0 Å². The number of rotatable bonds is 9. The molecule has 172 valence electrons. The first-order valence-corrected chi connectivity index (χ1v) is 11.4. The molecule has 1 fully saturated rings. The quantitative estimate of drug-likeness (QED) is 0.608. The van der Waals surface area contributed by atoms with Gasteiger partial charge in [-0.3, -0.25) is 9.69 Å². The maximum absolute atomic E-state index is 12.8. The second-order valence-electron chi connectivity index (χ2n) is 8.78. The van der Waals surface area contributed by atoms with E-state index in [1.807, 2.05) is 18.9 Å². The molecule has 0 spiro atoms. The number of hydrogen-bond acceptors (Lipinski definition) is 7. The van der Waals surface area contributed by atoms with Crippen molar-refractivity contribution < 1.29 is 14.6 Å². The lowest BCUT2D eigenvalue weighted by Gasteiger charge is -2.30. The van der Waals surface area contributed by atoms with Gasteiger partial charge >= 0.3 is 0 Å². The van der Waals surface area contributed by atoms with E-state index in [0.29, 0.717) is 24.1 Å². The molecule has 2 aliphatic rings. The zero-order valence-electron chi connectivity index (χ0n) is 19.0. The Balaban J connectivity index is 1.34. The van der Waals surface area contributed by atoms with Gasteiger partial charge in [-0.05, 0) is 37.0 Å². The van der Waals surface area contributed by atoms with Gasteiger partial charge in [0, 0.05) is 51.4 Å². The molecule has 8 heteroatoms. The van der Waals surface area contributed by atoms with Crippen LogP contribution in [0.4, 0.5) is 5.95 Å². The molecule has 0 aliphatic carbocycles. The van der Waals surface area contributed by atoms with Crippen LogP contribution in [0.1, 0.15) is 34.2 Å². The van der Waals surface area contributed by atoms with Gasteiger partial charge in [0.25, 0.3) is 5.91 Å². The monoisotopic (exact) mass is 439 g/mol. The van der Waals surface area contributed by atoms with Crippen molar-refractivity contribution in [2.45, 2.75) is 32.4 Å². The Labute approximate surface area is 189 Å². The number of aliphatic hydroxyl groups excluding tert-OH is 1. The molecular weight excluding hydrogens is 406 g/mol. The number of nitrogens with zero attached hydrogens (tertiary/aromatic N) is 4. The number of hydrogen-bond donors (Lipinski definition) is 2. The molecule has 0 unspecified atom stereocenters. The zero-order chi connectivity index (χ0) is 22.5. The number of anilines is 1. The molecule has 2 N–H and O–H groups in total. The topological polar surface area (TPSA) is 90.8 Å². The molecule has 1 aromatic carbocycles. The summed E-state index contributed by atoms with van der Waals surface area (Å²) in [5, 5.41) is 13.4. The van der Waals surface area contributed by atoms with Gasteiger partial charge < -0.3 is 20.1 Å². The summed E-state index contributed by atoms with van der Waals surface area (Å²) in [5.74, 6) is 0.701. The average molecular weight is 440 g/mol. The highest BCUT2D eigenvalue weighted by molar-refractivity contribution is 5.92. The third kappa shape index (κ3) is 5.62. The number of fused-ring (bicyclic) bond motifs is 1. The fourth-order valence-electron chi connectivity index (χ4n) is 4.09. The number of amides is 1. The van der Waals surface area contributed by atoms with Crippen molar-refractivity contribution in [2.24, 2.45) is 5.92 Å². The second-order valence-corrected chi connectivity index (χ2v) is 8.78. The molecule has 0 bridgehead atoms. The second kappa shape index (κ2) is 10.4. The van der Waals surface area contributed by atoms with E-state index >= 15 is 0 Å². The van der Waals surface area contributed by atoms with Gasteiger partial charge in [-0.2, -0.15) is 0 Å². The molecule has 0 saturated carbocycles. The molecule has 32 heavy (non-hydrogen) atoms. The summed E-state index contributed by atoms with van der Waals surface area (Å²) in [6.07, 6.45) is 1.11. The molecule has 2 aliphatic heterocycles. The Morgan fingerprint density at radius 3 is 2.81 bits per heavy atom. The van der Waals surface area contributed by atoms with Gasteiger partial charge in [0.2, 0.25) is 5.95 Å². The van der Waals surface area contributed by atoms with Crippen LogP contribution in [0.2, 0.25) is 0 Å². The molecule has 1 saturated heterocycles. The van der Waals surface area contributed by atoms with E-state index in [4.69, 9.17) is 4.74 Å². The molecule has 1 amide bonds. The fourth-order valence-corrected chi connectivity index (χ4v) is 4.09. The maximum Gasteiger partial charge on any atom is 0.270 e. The Morgan fingerprint density at radius 1 is 1.31 bits per heavy atom. The van der Waals surface area contributed by atoms with E-state index in [2.05, 4.69) is 44.5 Å². The van der Waals surface area contributed by atoms with Crippen LogP contribution < -0.4 is 10.2 Å². The highest BCUT2D eigenvalue weighted by Crippen LogP contribution is 2.19. The molecule has 1 atom stereocenters. The molecule has 8 nitrogen and oxygen atoms in total. The molecule has 0 radical (unpaired) electrons. The van der Waals surface area contributed by atoms with Crippen molar-refractivity contribution >= 4 is 11.9 Å². The van der Waals surface area contributed by atoms with E-state index in [1.54, 1.807) is 6.07 Å². The van der Waals surface area contributed by atoms with Gasteiger partial charge in [0.05, 0.1) is 19.3 Å². The Morgan fingerprint density at radius 2 is 2.09 bits per heavy atom. The predicted molar refractivity (Wildman–Crippen MR) is 123 cm³/mol. The lowest BCUT2D eigenvalue weighted by Crippen LogP contribution is -2.42. The van der Waals surface area contributed by atoms with Crippen LogP contribution in [-0.2, 0) is 24.1 Å². The number of ether oxygens (including phenoxy) is 1.